The van der Waals surface area contributed by atoms with E-state index in [2.05, 4.69) is 15.4 Å². The molecule has 1 aromatic heterocycles. The lowest BCUT2D eigenvalue weighted by atomic mass is 10.1. The normalized spacial score (nSPS) is 14.1. The summed E-state index contributed by atoms with van der Waals surface area (Å²) in [5.74, 6) is -0.941. The Morgan fingerprint density at radius 1 is 1.28 bits per heavy atom. The van der Waals surface area contributed by atoms with Gasteiger partial charge in [-0.1, -0.05) is 30.3 Å². The number of aliphatic carboxylic acids is 1. The van der Waals surface area contributed by atoms with Gasteiger partial charge in [-0.2, -0.15) is 4.80 Å². The van der Waals surface area contributed by atoms with Gasteiger partial charge in [0.15, 0.2) is 0 Å². The number of hydrogen-bond donors (Lipinski definition) is 1. The van der Waals surface area contributed by atoms with E-state index in [1.54, 1.807) is 13.8 Å². The highest BCUT2D eigenvalue weighted by Gasteiger charge is 2.23. The van der Waals surface area contributed by atoms with Gasteiger partial charge in [-0.3, -0.25) is 4.79 Å². The van der Waals surface area contributed by atoms with Crippen molar-refractivity contribution in [3.63, 3.8) is 0 Å². The van der Waals surface area contributed by atoms with Crippen molar-refractivity contribution in [1.29, 1.82) is 0 Å². The van der Waals surface area contributed by atoms with Crippen LogP contribution in [0.3, 0.4) is 0 Å². The van der Waals surface area contributed by atoms with E-state index in [0.717, 1.165) is 5.56 Å². The van der Waals surface area contributed by atoms with E-state index < -0.39 is 11.9 Å². The standard InChI is InChI=1S/C12H14N4O2/c1-8(12(17)18)9(2)16-14-11(13-15-16)10-6-4-3-5-7-10/h3-9H,1-2H3,(H,17,18). The van der Waals surface area contributed by atoms with Crippen molar-refractivity contribution in [3.8, 4) is 11.4 Å². The lowest BCUT2D eigenvalue weighted by molar-refractivity contribution is -0.142. The van der Waals surface area contributed by atoms with E-state index in [1.165, 1.54) is 4.80 Å². The fourth-order valence-electron chi connectivity index (χ4n) is 1.51. The smallest absolute Gasteiger partial charge is 0.308 e. The van der Waals surface area contributed by atoms with Crippen molar-refractivity contribution in [3.05, 3.63) is 30.3 Å². The lowest BCUT2D eigenvalue weighted by Crippen LogP contribution is -2.23. The van der Waals surface area contributed by atoms with Gasteiger partial charge in [0.25, 0.3) is 0 Å². The van der Waals surface area contributed by atoms with Crippen LogP contribution in [0.2, 0.25) is 0 Å². The van der Waals surface area contributed by atoms with Gasteiger partial charge >= 0.3 is 5.97 Å². The minimum atomic E-state index is -0.874. The third kappa shape index (κ3) is 2.37. The molecule has 1 N–H and O–H groups in total. The van der Waals surface area contributed by atoms with Crippen molar-refractivity contribution >= 4 is 5.97 Å². The van der Waals surface area contributed by atoms with Crippen LogP contribution in [0.25, 0.3) is 11.4 Å². The maximum Gasteiger partial charge on any atom is 0.308 e. The number of nitrogens with zero attached hydrogens (tertiary/aromatic N) is 4. The highest BCUT2D eigenvalue weighted by molar-refractivity contribution is 5.70. The van der Waals surface area contributed by atoms with Gasteiger partial charge in [0.2, 0.25) is 5.82 Å². The van der Waals surface area contributed by atoms with Crippen LogP contribution in [-0.2, 0) is 4.79 Å². The molecule has 0 aliphatic carbocycles. The quantitative estimate of drug-likeness (QED) is 0.886. The van der Waals surface area contributed by atoms with Crippen LogP contribution >= 0.6 is 0 Å². The first kappa shape index (κ1) is 12.2. The summed E-state index contributed by atoms with van der Waals surface area (Å²) < 4.78 is 0. The number of carboxylic acid groups (broad SMARTS) is 1. The van der Waals surface area contributed by atoms with Crippen molar-refractivity contribution in [2.24, 2.45) is 5.92 Å². The molecule has 2 rings (SSSR count). The highest BCUT2D eigenvalue weighted by Crippen LogP contribution is 2.18. The average molecular weight is 246 g/mol. The Morgan fingerprint density at radius 3 is 2.56 bits per heavy atom. The summed E-state index contributed by atoms with van der Waals surface area (Å²) in [5, 5.41) is 21.0. The summed E-state index contributed by atoms with van der Waals surface area (Å²) >= 11 is 0. The molecule has 0 aliphatic heterocycles. The highest BCUT2D eigenvalue weighted by atomic mass is 16.4. The average Bonchev–Trinajstić information content (AvgIpc) is 2.87. The SMILES string of the molecule is CC(C(=O)O)C(C)n1nnc(-c2ccccc2)n1. The monoisotopic (exact) mass is 246 g/mol. The van der Waals surface area contributed by atoms with Crippen LogP contribution < -0.4 is 0 Å². The van der Waals surface area contributed by atoms with Crippen LogP contribution in [0.5, 0.6) is 0 Å². The molecule has 2 unspecified atom stereocenters. The third-order valence-corrected chi connectivity index (χ3v) is 2.94. The Hall–Kier alpha value is -2.24. The second-order valence-electron chi connectivity index (χ2n) is 4.17. The van der Waals surface area contributed by atoms with Crippen molar-refractivity contribution in [2.45, 2.75) is 19.9 Å². The predicted octanol–water partition coefficient (Wildman–Crippen LogP) is 1.62. The van der Waals surface area contributed by atoms with Crippen molar-refractivity contribution in [2.75, 3.05) is 0 Å². The molecule has 18 heavy (non-hydrogen) atoms. The maximum atomic E-state index is 10.9. The van der Waals surface area contributed by atoms with E-state index in [1.807, 2.05) is 30.3 Å². The first-order valence-electron chi connectivity index (χ1n) is 5.67. The van der Waals surface area contributed by atoms with E-state index in [4.69, 9.17) is 5.11 Å². The van der Waals surface area contributed by atoms with Crippen LogP contribution in [0.4, 0.5) is 0 Å². The van der Waals surface area contributed by atoms with Gasteiger partial charge in [0.1, 0.15) is 0 Å². The van der Waals surface area contributed by atoms with Crippen LogP contribution in [0, 0.1) is 5.92 Å². The molecule has 0 spiro atoms. The Balaban J connectivity index is 2.23. The van der Waals surface area contributed by atoms with Gasteiger partial charge < -0.3 is 5.11 Å². The molecule has 0 saturated heterocycles. The molecule has 1 aromatic carbocycles. The van der Waals surface area contributed by atoms with Gasteiger partial charge in [-0.25, -0.2) is 0 Å². The zero-order chi connectivity index (χ0) is 13.1. The lowest BCUT2D eigenvalue weighted by Gasteiger charge is -2.13. The summed E-state index contributed by atoms with van der Waals surface area (Å²) in [6.07, 6.45) is 0. The van der Waals surface area contributed by atoms with E-state index in [0.29, 0.717) is 5.82 Å². The van der Waals surface area contributed by atoms with Gasteiger partial charge in [-0.15, -0.1) is 10.2 Å². The summed E-state index contributed by atoms with van der Waals surface area (Å²) in [6.45, 7) is 3.38. The first-order valence-corrected chi connectivity index (χ1v) is 5.67. The molecule has 2 atom stereocenters. The molecule has 6 heteroatoms. The molecule has 1 heterocycles. The third-order valence-electron chi connectivity index (χ3n) is 2.94. The predicted molar refractivity (Wildman–Crippen MR) is 64.8 cm³/mol. The number of benzene rings is 1. The van der Waals surface area contributed by atoms with Gasteiger partial charge in [0, 0.05) is 5.56 Å². The molecule has 2 aromatic rings. The van der Waals surface area contributed by atoms with E-state index in [9.17, 15) is 4.79 Å². The number of carbonyl (C=O) groups is 1. The van der Waals surface area contributed by atoms with Crippen molar-refractivity contribution in [1.82, 2.24) is 20.2 Å². The molecule has 0 fully saturated rings. The fourth-order valence-corrected chi connectivity index (χ4v) is 1.51. The summed E-state index contributed by atoms with van der Waals surface area (Å²) in [7, 11) is 0. The molecule has 0 bridgehead atoms. The number of tetrazole rings is 1. The Labute approximate surface area is 104 Å². The number of carboxylic acids is 1. The molecule has 0 saturated carbocycles. The zero-order valence-electron chi connectivity index (χ0n) is 10.2. The molecular formula is C12H14N4O2. The van der Waals surface area contributed by atoms with E-state index in [-0.39, 0.29) is 6.04 Å². The second-order valence-corrected chi connectivity index (χ2v) is 4.17. The molecule has 0 radical (unpaired) electrons. The first-order chi connectivity index (χ1) is 8.59. The Morgan fingerprint density at radius 2 is 1.94 bits per heavy atom. The fraction of sp³-hybridized carbons (Fsp3) is 0.333. The molecule has 0 aliphatic rings. The Kier molecular flexibility index (Phi) is 3.36. The molecule has 6 nitrogen and oxygen atoms in total. The van der Waals surface area contributed by atoms with Gasteiger partial charge in [-0.05, 0) is 19.1 Å². The maximum absolute atomic E-state index is 10.9. The van der Waals surface area contributed by atoms with Gasteiger partial charge in [0.05, 0.1) is 12.0 Å². The summed E-state index contributed by atoms with van der Waals surface area (Å²) in [4.78, 5) is 12.2. The number of aromatic nitrogens is 4. The second kappa shape index (κ2) is 4.95. The summed E-state index contributed by atoms with van der Waals surface area (Å²) in [5.41, 5.74) is 0.860. The van der Waals surface area contributed by atoms with Crippen LogP contribution in [0.15, 0.2) is 30.3 Å². The summed E-state index contributed by atoms with van der Waals surface area (Å²) in [6, 6.07) is 9.11. The van der Waals surface area contributed by atoms with Crippen molar-refractivity contribution < 1.29 is 9.90 Å². The largest absolute Gasteiger partial charge is 0.481 e. The minimum absolute atomic E-state index is 0.340. The number of hydrogen-bond acceptors (Lipinski definition) is 4. The molecular weight excluding hydrogens is 232 g/mol. The van der Waals surface area contributed by atoms with Crippen LogP contribution in [0.1, 0.15) is 19.9 Å². The minimum Gasteiger partial charge on any atom is -0.481 e. The Bertz CT molecular complexity index is 538. The van der Waals surface area contributed by atoms with Crippen LogP contribution in [-0.4, -0.2) is 31.3 Å². The zero-order valence-corrected chi connectivity index (χ0v) is 10.2. The molecule has 0 amide bonds. The molecule has 94 valence electrons. The number of rotatable bonds is 4. The topological polar surface area (TPSA) is 80.9 Å². The van der Waals surface area contributed by atoms with E-state index >= 15 is 0 Å².